The normalized spacial score (nSPS) is 19.7. The van der Waals surface area contributed by atoms with Gasteiger partial charge in [-0.05, 0) is 60.9 Å². The minimum absolute atomic E-state index is 0.0462. The van der Waals surface area contributed by atoms with E-state index < -0.39 is 0 Å². The molecule has 5 rings (SSSR count). The summed E-state index contributed by atoms with van der Waals surface area (Å²) in [6.07, 6.45) is 4.61. The summed E-state index contributed by atoms with van der Waals surface area (Å²) in [7, 11) is 0. The Bertz CT molecular complexity index is 1150. The predicted octanol–water partition coefficient (Wildman–Crippen LogP) is 2.97. The van der Waals surface area contributed by atoms with Gasteiger partial charge in [0.25, 0.3) is 5.56 Å². The van der Waals surface area contributed by atoms with E-state index in [9.17, 15) is 4.79 Å². The Hall–Kier alpha value is -2.58. The second kappa shape index (κ2) is 8.75. The first-order valence-electron chi connectivity index (χ1n) is 11.9. The summed E-state index contributed by atoms with van der Waals surface area (Å²) in [6, 6.07) is 6.34. The third kappa shape index (κ3) is 3.75. The van der Waals surface area contributed by atoms with Gasteiger partial charge in [0.1, 0.15) is 6.04 Å². The Morgan fingerprint density at radius 1 is 1.09 bits per heavy atom. The molecule has 2 aromatic heterocycles. The zero-order valence-corrected chi connectivity index (χ0v) is 19.3. The average Bonchev–Trinajstić information content (AvgIpc) is 3.50. The van der Waals surface area contributed by atoms with E-state index in [0.717, 1.165) is 79.0 Å². The standard InChI is InChI=1S/C24H33N7O/c1-4-29-11-13-30(14-12-29)22(23-26-27-28-31(23)18-7-5-6-8-18)20-15-19-16(2)9-10-17(3)21(19)25-24(20)32/h9-10,15,18,22H,4-8,11-14H2,1-3H3,(H,25,32)/t22-/m1/s1. The molecule has 3 aromatic rings. The molecule has 0 spiro atoms. The Kier molecular flexibility index (Phi) is 5.82. The van der Waals surface area contributed by atoms with Crippen molar-refractivity contribution in [3.05, 3.63) is 51.1 Å². The van der Waals surface area contributed by atoms with Gasteiger partial charge in [0.15, 0.2) is 5.82 Å². The smallest absolute Gasteiger partial charge is 0.253 e. The highest BCUT2D eigenvalue weighted by Gasteiger charge is 2.34. The van der Waals surface area contributed by atoms with E-state index in [0.29, 0.717) is 6.04 Å². The molecule has 1 saturated carbocycles. The molecule has 1 saturated heterocycles. The number of aromatic amines is 1. The molecule has 1 aromatic carbocycles. The van der Waals surface area contributed by atoms with E-state index in [1.54, 1.807) is 0 Å². The summed E-state index contributed by atoms with van der Waals surface area (Å²) in [4.78, 5) is 21.5. The number of likely N-dealkylation sites (N-methyl/N-ethyl adjacent to an activating group) is 1. The first-order valence-corrected chi connectivity index (χ1v) is 11.9. The van der Waals surface area contributed by atoms with Crippen molar-refractivity contribution in [1.82, 2.24) is 35.0 Å². The van der Waals surface area contributed by atoms with Crippen molar-refractivity contribution < 1.29 is 0 Å². The summed E-state index contributed by atoms with van der Waals surface area (Å²) in [6.45, 7) is 11.1. The highest BCUT2D eigenvalue weighted by molar-refractivity contribution is 5.85. The molecule has 170 valence electrons. The number of nitrogens with one attached hydrogen (secondary N) is 1. The molecule has 0 radical (unpaired) electrons. The molecule has 8 heteroatoms. The van der Waals surface area contributed by atoms with E-state index in [-0.39, 0.29) is 11.6 Å². The number of pyridine rings is 1. The molecule has 2 fully saturated rings. The van der Waals surface area contributed by atoms with Gasteiger partial charge >= 0.3 is 0 Å². The van der Waals surface area contributed by atoms with Crippen LogP contribution in [-0.4, -0.2) is 67.7 Å². The van der Waals surface area contributed by atoms with Gasteiger partial charge < -0.3 is 9.88 Å². The van der Waals surface area contributed by atoms with Crippen molar-refractivity contribution in [2.45, 2.75) is 58.5 Å². The van der Waals surface area contributed by atoms with E-state index in [1.165, 1.54) is 12.8 Å². The Morgan fingerprint density at radius 2 is 1.81 bits per heavy atom. The predicted molar refractivity (Wildman–Crippen MR) is 125 cm³/mol. The van der Waals surface area contributed by atoms with Crippen LogP contribution in [0.25, 0.3) is 10.9 Å². The second-order valence-electron chi connectivity index (χ2n) is 9.33. The summed E-state index contributed by atoms with van der Waals surface area (Å²) in [5.74, 6) is 0.803. The van der Waals surface area contributed by atoms with E-state index in [2.05, 4.69) is 62.4 Å². The fourth-order valence-corrected chi connectivity index (χ4v) is 5.42. The number of H-pyrrole nitrogens is 1. The van der Waals surface area contributed by atoms with E-state index in [1.807, 2.05) is 11.6 Å². The molecular weight excluding hydrogens is 402 g/mol. The van der Waals surface area contributed by atoms with Gasteiger partial charge in [0.2, 0.25) is 0 Å². The van der Waals surface area contributed by atoms with Crippen LogP contribution in [0.2, 0.25) is 0 Å². The van der Waals surface area contributed by atoms with Crippen molar-refractivity contribution >= 4 is 10.9 Å². The number of fused-ring (bicyclic) bond motifs is 1. The highest BCUT2D eigenvalue weighted by atomic mass is 16.1. The zero-order valence-electron chi connectivity index (χ0n) is 19.3. The Morgan fingerprint density at radius 3 is 2.53 bits per heavy atom. The van der Waals surface area contributed by atoms with Gasteiger partial charge in [0.05, 0.1) is 11.6 Å². The second-order valence-corrected chi connectivity index (χ2v) is 9.33. The van der Waals surface area contributed by atoms with Crippen molar-refractivity contribution in [3.8, 4) is 0 Å². The lowest BCUT2D eigenvalue weighted by atomic mass is 9.99. The van der Waals surface area contributed by atoms with Gasteiger partial charge in [0, 0.05) is 37.1 Å². The number of benzene rings is 1. The summed E-state index contributed by atoms with van der Waals surface area (Å²) < 4.78 is 2.01. The van der Waals surface area contributed by atoms with Crippen LogP contribution < -0.4 is 5.56 Å². The van der Waals surface area contributed by atoms with Gasteiger partial charge in [-0.1, -0.05) is 31.9 Å². The molecule has 0 bridgehead atoms. The molecule has 0 unspecified atom stereocenters. The maximum atomic E-state index is 13.5. The summed E-state index contributed by atoms with van der Waals surface area (Å²) in [5.41, 5.74) is 3.86. The van der Waals surface area contributed by atoms with Gasteiger partial charge in [-0.15, -0.1) is 5.10 Å². The summed E-state index contributed by atoms with van der Waals surface area (Å²) in [5, 5.41) is 14.1. The van der Waals surface area contributed by atoms with Crippen LogP contribution in [0.3, 0.4) is 0 Å². The lowest BCUT2D eigenvalue weighted by Crippen LogP contribution is -2.49. The molecule has 1 aliphatic carbocycles. The minimum atomic E-state index is -0.252. The van der Waals surface area contributed by atoms with Crippen LogP contribution in [0.5, 0.6) is 0 Å². The summed E-state index contributed by atoms with van der Waals surface area (Å²) >= 11 is 0. The number of nitrogens with zero attached hydrogens (tertiary/aromatic N) is 6. The van der Waals surface area contributed by atoms with Gasteiger partial charge in [-0.2, -0.15) is 0 Å². The lowest BCUT2D eigenvalue weighted by molar-refractivity contribution is 0.107. The largest absolute Gasteiger partial charge is 0.321 e. The first kappa shape index (κ1) is 21.3. The maximum Gasteiger partial charge on any atom is 0.253 e. The van der Waals surface area contributed by atoms with Crippen LogP contribution in [0, 0.1) is 13.8 Å². The van der Waals surface area contributed by atoms with Crippen molar-refractivity contribution in [1.29, 1.82) is 0 Å². The van der Waals surface area contributed by atoms with Crippen molar-refractivity contribution in [2.75, 3.05) is 32.7 Å². The molecule has 8 nitrogen and oxygen atoms in total. The number of hydrogen-bond donors (Lipinski definition) is 1. The van der Waals surface area contributed by atoms with Gasteiger partial charge in [-0.25, -0.2) is 4.68 Å². The lowest BCUT2D eigenvalue weighted by Gasteiger charge is -2.38. The molecule has 2 aliphatic rings. The Balaban J connectivity index is 1.64. The van der Waals surface area contributed by atoms with Gasteiger partial charge in [-0.3, -0.25) is 9.69 Å². The molecule has 32 heavy (non-hydrogen) atoms. The third-order valence-corrected chi connectivity index (χ3v) is 7.42. The number of tetrazole rings is 1. The molecule has 3 heterocycles. The number of aryl methyl sites for hydroxylation is 2. The maximum absolute atomic E-state index is 13.5. The van der Waals surface area contributed by atoms with E-state index >= 15 is 0 Å². The van der Waals surface area contributed by atoms with Crippen LogP contribution in [0.4, 0.5) is 0 Å². The van der Waals surface area contributed by atoms with Crippen molar-refractivity contribution in [3.63, 3.8) is 0 Å². The number of rotatable bonds is 5. The fourth-order valence-electron chi connectivity index (χ4n) is 5.42. The van der Waals surface area contributed by atoms with Crippen molar-refractivity contribution in [2.24, 2.45) is 0 Å². The topological polar surface area (TPSA) is 82.9 Å². The third-order valence-electron chi connectivity index (χ3n) is 7.42. The fraction of sp³-hybridized carbons (Fsp3) is 0.583. The number of piperazine rings is 1. The molecule has 1 atom stereocenters. The molecule has 1 aliphatic heterocycles. The van der Waals surface area contributed by atoms with E-state index in [4.69, 9.17) is 0 Å². The number of aromatic nitrogens is 5. The van der Waals surface area contributed by atoms with Crippen LogP contribution in [0.15, 0.2) is 23.0 Å². The Labute approximate surface area is 188 Å². The zero-order chi connectivity index (χ0) is 22.2. The minimum Gasteiger partial charge on any atom is -0.321 e. The SMILES string of the molecule is CCN1CCN([C@H](c2cc3c(C)ccc(C)c3[nH]c2=O)c2nnnn2C2CCCC2)CC1. The quantitative estimate of drug-likeness (QED) is 0.663. The molecular formula is C24H33N7O. The average molecular weight is 436 g/mol. The monoisotopic (exact) mass is 435 g/mol. The first-order chi connectivity index (χ1) is 15.6. The van der Waals surface area contributed by atoms with Crippen LogP contribution in [-0.2, 0) is 0 Å². The molecule has 1 N–H and O–H groups in total. The molecule has 0 amide bonds. The number of hydrogen-bond acceptors (Lipinski definition) is 6. The van der Waals surface area contributed by atoms with Crippen LogP contribution >= 0.6 is 0 Å². The highest BCUT2D eigenvalue weighted by Crippen LogP contribution is 2.34. The van der Waals surface area contributed by atoms with Crippen LogP contribution in [0.1, 0.15) is 67.2 Å².